The molecule has 1 aromatic rings. The van der Waals surface area contributed by atoms with Crippen LogP contribution in [-0.2, 0) is 14.8 Å². The standard InChI is InChI=1S/C23H37N3O4S/c1-17-6-8-26(9-7-17)31(28,29)21-15-20(14-18(2)19(21)3)22(27)24-16-23(4,5)25-10-12-30-13-11-25/h14-15,17H,6-13,16H2,1-5H3,(H,24,27). The first-order valence-electron chi connectivity index (χ1n) is 11.2. The molecule has 3 rings (SSSR count). The first kappa shape index (κ1) is 24.2. The molecule has 2 saturated heterocycles. The second kappa shape index (κ2) is 9.57. The Balaban J connectivity index is 1.77. The van der Waals surface area contributed by atoms with Crippen LogP contribution in [0.5, 0.6) is 0 Å². The topological polar surface area (TPSA) is 79.0 Å². The monoisotopic (exact) mass is 451 g/mol. The number of sulfonamides is 1. The Morgan fingerprint density at radius 2 is 1.74 bits per heavy atom. The van der Waals surface area contributed by atoms with Crippen molar-refractivity contribution in [1.82, 2.24) is 14.5 Å². The molecule has 7 nitrogen and oxygen atoms in total. The number of ether oxygens (including phenoxy) is 1. The Bertz CT molecular complexity index is 900. The second-order valence-corrected chi connectivity index (χ2v) is 11.5. The van der Waals surface area contributed by atoms with Crippen LogP contribution in [0.3, 0.4) is 0 Å². The minimum Gasteiger partial charge on any atom is -0.379 e. The molecule has 0 atom stereocenters. The van der Waals surface area contributed by atoms with Gasteiger partial charge in [-0.3, -0.25) is 9.69 Å². The van der Waals surface area contributed by atoms with E-state index in [2.05, 4.69) is 31.0 Å². The van der Waals surface area contributed by atoms with Gasteiger partial charge < -0.3 is 10.1 Å². The second-order valence-electron chi connectivity index (χ2n) is 9.60. The highest BCUT2D eigenvalue weighted by molar-refractivity contribution is 7.89. The molecule has 0 aliphatic carbocycles. The average molecular weight is 452 g/mol. The Kier molecular flexibility index (Phi) is 7.46. The zero-order valence-corrected chi connectivity index (χ0v) is 20.3. The molecule has 31 heavy (non-hydrogen) atoms. The fourth-order valence-electron chi connectivity index (χ4n) is 4.27. The number of carbonyl (C=O) groups is 1. The highest BCUT2D eigenvalue weighted by Gasteiger charge is 2.31. The van der Waals surface area contributed by atoms with E-state index in [1.165, 1.54) is 0 Å². The van der Waals surface area contributed by atoms with Gasteiger partial charge in [-0.15, -0.1) is 0 Å². The van der Waals surface area contributed by atoms with Gasteiger partial charge in [-0.05, 0) is 69.7 Å². The van der Waals surface area contributed by atoms with Crippen LogP contribution in [-0.4, -0.2) is 75.0 Å². The summed E-state index contributed by atoms with van der Waals surface area (Å²) < 4.78 is 33.7. The minimum absolute atomic E-state index is 0.210. The predicted octanol–water partition coefficient (Wildman–Crippen LogP) is 2.56. The highest BCUT2D eigenvalue weighted by Crippen LogP contribution is 2.28. The molecule has 8 heteroatoms. The van der Waals surface area contributed by atoms with Crippen molar-refractivity contribution < 1.29 is 17.9 Å². The smallest absolute Gasteiger partial charge is 0.251 e. The maximum absolute atomic E-state index is 13.3. The van der Waals surface area contributed by atoms with E-state index in [9.17, 15) is 13.2 Å². The van der Waals surface area contributed by atoms with Gasteiger partial charge in [-0.1, -0.05) is 6.92 Å². The van der Waals surface area contributed by atoms with Crippen molar-refractivity contribution in [2.45, 2.75) is 57.9 Å². The van der Waals surface area contributed by atoms with Gasteiger partial charge in [0.1, 0.15) is 0 Å². The number of nitrogens with zero attached hydrogens (tertiary/aromatic N) is 2. The van der Waals surface area contributed by atoms with Crippen molar-refractivity contribution in [3.05, 3.63) is 28.8 Å². The molecule has 0 radical (unpaired) electrons. The van der Waals surface area contributed by atoms with Crippen LogP contribution < -0.4 is 5.32 Å². The predicted molar refractivity (Wildman–Crippen MR) is 122 cm³/mol. The molecule has 174 valence electrons. The highest BCUT2D eigenvalue weighted by atomic mass is 32.2. The van der Waals surface area contributed by atoms with E-state index in [1.54, 1.807) is 16.4 Å². The van der Waals surface area contributed by atoms with Crippen LogP contribution >= 0.6 is 0 Å². The largest absolute Gasteiger partial charge is 0.379 e. The zero-order chi connectivity index (χ0) is 22.8. The molecule has 1 amide bonds. The number of benzene rings is 1. The molecule has 2 aliphatic heterocycles. The number of hydrogen-bond acceptors (Lipinski definition) is 5. The SMILES string of the molecule is Cc1cc(C(=O)NCC(C)(C)N2CCOCC2)cc(S(=O)(=O)N2CCC(C)CC2)c1C. The number of piperidine rings is 1. The van der Waals surface area contributed by atoms with Gasteiger partial charge in [0.2, 0.25) is 10.0 Å². The third-order valence-electron chi connectivity index (χ3n) is 6.79. The maximum atomic E-state index is 13.3. The lowest BCUT2D eigenvalue weighted by Gasteiger charge is -2.40. The van der Waals surface area contributed by atoms with E-state index in [4.69, 9.17) is 4.74 Å². The van der Waals surface area contributed by atoms with Crippen molar-refractivity contribution in [3.8, 4) is 0 Å². The third-order valence-corrected chi connectivity index (χ3v) is 8.82. The molecule has 2 heterocycles. The summed E-state index contributed by atoms with van der Waals surface area (Å²) in [4.78, 5) is 15.5. The number of rotatable bonds is 6. The molecule has 1 aromatic carbocycles. The van der Waals surface area contributed by atoms with Gasteiger partial charge in [-0.25, -0.2) is 8.42 Å². The molecule has 0 unspecified atom stereocenters. The van der Waals surface area contributed by atoms with E-state index in [0.29, 0.717) is 49.9 Å². The lowest BCUT2D eigenvalue weighted by molar-refractivity contribution is -0.00923. The first-order chi connectivity index (χ1) is 14.5. The van der Waals surface area contributed by atoms with E-state index in [1.807, 2.05) is 13.8 Å². The van der Waals surface area contributed by atoms with Crippen molar-refractivity contribution >= 4 is 15.9 Å². The van der Waals surface area contributed by atoms with E-state index in [-0.39, 0.29) is 16.3 Å². The lowest BCUT2D eigenvalue weighted by Crippen LogP contribution is -2.55. The van der Waals surface area contributed by atoms with Gasteiger partial charge in [-0.2, -0.15) is 4.31 Å². The van der Waals surface area contributed by atoms with Gasteiger partial charge in [0.15, 0.2) is 0 Å². The Hall–Kier alpha value is -1.48. The molecule has 0 saturated carbocycles. The van der Waals surface area contributed by atoms with Gasteiger partial charge >= 0.3 is 0 Å². The Morgan fingerprint density at radius 1 is 1.13 bits per heavy atom. The van der Waals surface area contributed by atoms with Crippen LogP contribution in [0.25, 0.3) is 0 Å². The maximum Gasteiger partial charge on any atom is 0.251 e. The third kappa shape index (κ3) is 5.48. The molecule has 2 fully saturated rings. The van der Waals surface area contributed by atoms with Crippen molar-refractivity contribution in [2.75, 3.05) is 45.9 Å². The average Bonchev–Trinajstić information content (AvgIpc) is 2.74. The number of morpholine rings is 1. The summed E-state index contributed by atoms with van der Waals surface area (Å²) in [5.74, 6) is 0.300. The summed E-state index contributed by atoms with van der Waals surface area (Å²) in [5.41, 5.74) is 1.70. The van der Waals surface area contributed by atoms with Crippen molar-refractivity contribution in [1.29, 1.82) is 0 Å². The molecule has 0 bridgehead atoms. The van der Waals surface area contributed by atoms with Gasteiger partial charge in [0, 0.05) is 43.8 Å². The zero-order valence-electron chi connectivity index (χ0n) is 19.5. The van der Waals surface area contributed by atoms with E-state index < -0.39 is 10.0 Å². The van der Waals surface area contributed by atoms with Crippen molar-refractivity contribution in [2.24, 2.45) is 5.92 Å². The molecule has 2 aliphatic rings. The van der Waals surface area contributed by atoms with Crippen LogP contribution in [0.4, 0.5) is 0 Å². The molecular formula is C23H37N3O4S. The van der Waals surface area contributed by atoms with Crippen molar-refractivity contribution in [3.63, 3.8) is 0 Å². The quantitative estimate of drug-likeness (QED) is 0.719. The number of carbonyl (C=O) groups excluding carboxylic acids is 1. The molecule has 0 aromatic heterocycles. The normalized spacial score (nSPS) is 20.0. The molecule has 1 N–H and O–H groups in total. The fraction of sp³-hybridized carbons (Fsp3) is 0.696. The summed E-state index contributed by atoms with van der Waals surface area (Å²) in [6.45, 7) is 14.7. The number of nitrogens with one attached hydrogen (secondary N) is 1. The van der Waals surface area contributed by atoms with Gasteiger partial charge in [0.05, 0.1) is 18.1 Å². The number of hydrogen-bond donors (Lipinski definition) is 1. The van der Waals surface area contributed by atoms with Gasteiger partial charge in [0.25, 0.3) is 5.91 Å². The summed E-state index contributed by atoms with van der Waals surface area (Å²) >= 11 is 0. The summed E-state index contributed by atoms with van der Waals surface area (Å²) in [5, 5.41) is 3.02. The first-order valence-corrected chi connectivity index (χ1v) is 12.7. The van der Waals surface area contributed by atoms with Crippen LogP contribution in [0.15, 0.2) is 17.0 Å². The Labute approximate surface area is 187 Å². The Morgan fingerprint density at radius 3 is 2.35 bits per heavy atom. The minimum atomic E-state index is -3.62. The molecule has 0 spiro atoms. The van der Waals surface area contributed by atoms with Crippen LogP contribution in [0.1, 0.15) is 55.1 Å². The lowest BCUT2D eigenvalue weighted by atomic mass is 10.0. The fourth-order valence-corrected chi connectivity index (χ4v) is 6.06. The summed E-state index contributed by atoms with van der Waals surface area (Å²) in [7, 11) is -3.62. The number of amides is 1. The number of aryl methyl sites for hydroxylation is 1. The summed E-state index contributed by atoms with van der Waals surface area (Å²) in [6.07, 6.45) is 1.74. The van der Waals surface area contributed by atoms with E-state index in [0.717, 1.165) is 31.5 Å². The summed E-state index contributed by atoms with van der Waals surface area (Å²) in [6, 6.07) is 3.33. The van der Waals surface area contributed by atoms with Crippen LogP contribution in [0, 0.1) is 19.8 Å². The van der Waals surface area contributed by atoms with E-state index >= 15 is 0 Å². The van der Waals surface area contributed by atoms with Crippen LogP contribution in [0.2, 0.25) is 0 Å². The molecular weight excluding hydrogens is 414 g/mol.